The van der Waals surface area contributed by atoms with Gasteiger partial charge in [-0.3, -0.25) is 4.79 Å². The zero-order valence-electron chi connectivity index (χ0n) is 16.3. The van der Waals surface area contributed by atoms with Gasteiger partial charge in [-0.05, 0) is 54.5 Å². The SMILES string of the molecule is Cc1cc(Br)ccc1NC(=O)CN(Cc1ccco1)S(=O)(=O)/C=C/c1ccccc1. The number of aryl methyl sites for hydroxylation is 1. The Hall–Kier alpha value is -2.68. The van der Waals surface area contributed by atoms with Gasteiger partial charge in [-0.25, -0.2) is 8.42 Å². The first kappa shape index (κ1) is 22.0. The summed E-state index contributed by atoms with van der Waals surface area (Å²) in [6.45, 7) is 1.46. The summed E-state index contributed by atoms with van der Waals surface area (Å²) >= 11 is 3.38. The van der Waals surface area contributed by atoms with Crippen molar-refractivity contribution in [2.75, 3.05) is 11.9 Å². The molecular weight excluding hydrogens is 468 g/mol. The fourth-order valence-electron chi connectivity index (χ4n) is 2.74. The number of carbonyl (C=O) groups is 1. The Balaban J connectivity index is 1.79. The van der Waals surface area contributed by atoms with Crippen molar-refractivity contribution in [3.05, 3.63) is 93.7 Å². The van der Waals surface area contributed by atoms with Gasteiger partial charge in [-0.15, -0.1) is 0 Å². The minimum Gasteiger partial charge on any atom is -0.468 e. The molecule has 0 aliphatic rings. The fourth-order valence-corrected chi connectivity index (χ4v) is 4.33. The van der Waals surface area contributed by atoms with Crippen molar-refractivity contribution < 1.29 is 17.6 Å². The van der Waals surface area contributed by atoms with Crippen LogP contribution in [-0.2, 0) is 21.4 Å². The van der Waals surface area contributed by atoms with Gasteiger partial charge in [0, 0.05) is 15.6 Å². The highest BCUT2D eigenvalue weighted by Crippen LogP contribution is 2.20. The Morgan fingerprint density at radius 1 is 1.13 bits per heavy atom. The van der Waals surface area contributed by atoms with Crippen LogP contribution in [0.15, 0.2) is 81.2 Å². The number of furan rings is 1. The van der Waals surface area contributed by atoms with Crippen LogP contribution in [0.3, 0.4) is 0 Å². The number of amides is 1. The van der Waals surface area contributed by atoms with Crippen molar-refractivity contribution in [1.29, 1.82) is 0 Å². The minimum absolute atomic E-state index is 0.0544. The average Bonchev–Trinajstić information content (AvgIpc) is 3.22. The average molecular weight is 489 g/mol. The van der Waals surface area contributed by atoms with E-state index in [4.69, 9.17) is 4.42 Å². The fraction of sp³-hybridized carbons (Fsp3) is 0.136. The molecule has 156 valence electrons. The number of sulfonamides is 1. The lowest BCUT2D eigenvalue weighted by Gasteiger charge is -2.19. The Morgan fingerprint density at radius 2 is 1.90 bits per heavy atom. The lowest BCUT2D eigenvalue weighted by atomic mass is 10.2. The summed E-state index contributed by atoms with van der Waals surface area (Å²) in [4.78, 5) is 12.6. The van der Waals surface area contributed by atoms with E-state index in [0.717, 1.165) is 25.3 Å². The molecule has 0 bridgehead atoms. The highest BCUT2D eigenvalue weighted by Gasteiger charge is 2.24. The summed E-state index contributed by atoms with van der Waals surface area (Å²) in [6.07, 6.45) is 2.96. The highest BCUT2D eigenvalue weighted by molar-refractivity contribution is 9.10. The predicted octanol–water partition coefficient (Wildman–Crippen LogP) is 4.79. The Morgan fingerprint density at radius 3 is 2.57 bits per heavy atom. The Labute approximate surface area is 184 Å². The second-order valence-corrected chi connectivity index (χ2v) is 9.35. The van der Waals surface area contributed by atoms with Crippen LogP contribution >= 0.6 is 15.9 Å². The topological polar surface area (TPSA) is 79.6 Å². The summed E-state index contributed by atoms with van der Waals surface area (Å²) < 4.78 is 33.1. The maximum absolute atomic E-state index is 12.9. The molecule has 0 fully saturated rings. The molecule has 1 heterocycles. The lowest BCUT2D eigenvalue weighted by molar-refractivity contribution is -0.116. The second-order valence-electron chi connectivity index (χ2n) is 6.61. The molecule has 8 heteroatoms. The first-order valence-corrected chi connectivity index (χ1v) is 11.4. The number of benzene rings is 2. The highest BCUT2D eigenvalue weighted by atomic mass is 79.9. The molecule has 2 aromatic carbocycles. The zero-order valence-corrected chi connectivity index (χ0v) is 18.7. The minimum atomic E-state index is -3.88. The van der Waals surface area contributed by atoms with Crippen molar-refractivity contribution in [2.45, 2.75) is 13.5 Å². The van der Waals surface area contributed by atoms with Gasteiger partial charge < -0.3 is 9.73 Å². The van der Waals surface area contributed by atoms with Crippen molar-refractivity contribution >= 4 is 43.6 Å². The van der Waals surface area contributed by atoms with Gasteiger partial charge in [0.2, 0.25) is 15.9 Å². The smallest absolute Gasteiger partial charge is 0.239 e. The van der Waals surface area contributed by atoms with Gasteiger partial charge in [0.25, 0.3) is 0 Å². The Bertz CT molecular complexity index is 1130. The number of nitrogens with one attached hydrogen (secondary N) is 1. The number of carbonyl (C=O) groups excluding carboxylic acids is 1. The molecule has 1 amide bonds. The van der Waals surface area contributed by atoms with Gasteiger partial charge in [-0.2, -0.15) is 4.31 Å². The molecule has 6 nitrogen and oxygen atoms in total. The van der Waals surface area contributed by atoms with E-state index in [9.17, 15) is 13.2 Å². The van der Waals surface area contributed by atoms with Crippen LogP contribution < -0.4 is 5.32 Å². The first-order chi connectivity index (χ1) is 14.3. The third-order valence-electron chi connectivity index (χ3n) is 4.29. The lowest BCUT2D eigenvalue weighted by Crippen LogP contribution is -2.36. The largest absolute Gasteiger partial charge is 0.468 e. The molecule has 3 aromatic rings. The van der Waals surface area contributed by atoms with Gasteiger partial charge in [0.15, 0.2) is 0 Å². The van der Waals surface area contributed by atoms with E-state index in [0.29, 0.717) is 11.4 Å². The zero-order chi connectivity index (χ0) is 21.6. The van der Waals surface area contributed by atoms with Crippen LogP contribution in [0.5, 0.6) is 0 Å². The molecule has 0 aliphatic carbocycles. The van der Waals surface area contributed by atoms with E-state index in [1.807, 2.05) is 37.3 Å². The normalized spacial score (nSPS) is 11.8. The standard InChI is InChI=1S/C22H21BrN2O4S/c1-17-14-19(23)9-10-21(17)24-22(26)16-25(15-20-8-5-12-29-20)30(27,28)13-11-18-6-3-2-4-7-18/h2-14H,15-16H2,1H3,(H,24,26)/b13-11+. The summed E-state index contributed by atoms with van der Waals surface area (Å²) in [6, 6.07) is 17.9. The van der Waals surface area contributed by atoms with Gasteiger partial charge in [-0.1, -0.05) is 46.3 Å². The molecule has 1 N–H and O–H groups in total. The van der Waals surface area contributed by atoms with Crippen LogP contribution in [0.4, 0.5) is 5.69 Å². The summed E-state index contributed by atoms with van der Waals surface area (Å²) in [7, 11) is -3.88. The van der Waals surface area contributed by atoms with Crippen molar-refractivity contribution in [2.24, 2.45) is 0 Å². The summed E-state index contributed by atoms with van der Waals surface area (Å²) in [5.74, 6) is 0.00275. The quantitative estimate of drug-likeness (QED) is 0.494. The molecule has 0 aliphatic heterocycles. The van der Waals surface area contributed by atoms with E-state index in [1.54, 1.807) is 30.3 Å². The van der Waals surface area contributed by atoms with Crippen LogP contribution in [-0.4, -0.2) is 25.2 Å². The number of hydrogen-bond acceptors (Lipinski definition) is 4. The summed E-state index contributed by atoms with van der Waals surface area (Å²) in [5, 5.41) is 3.87. The number of halogens is 1. The van der Waals surface area contributed by atoms with Crippen molar-refractivity contribution in [3.8, 4) is 0 Å². The maximum Gasteiger partial charge on any atom is 0.239 e. The number of anilines is 1. The maximum atomic E-state index is 12.9. The van der Waals surface area contributed by atoms with Crippen molar-refractivity contribution in [1.82, 2.24) is 4.31 Å². The van der Waals surface area contributed by atoms with Gasteiger partial charge in [0.05, 0.1) is 19.4 Å². The third kappa shape index (κ3) is 6.16. The molecule has 0 saturated heterocycles. The van der Waals surface area contributed by atoms with E-state index < -0.39 is 15.9 Å². The molecular formula is C22H21BrN2O4S. The number of nitrogens with zero attached hydrogens (tertiary/aromatic N) is 1. The number of hydrogen-bond donors (Lipinski definition) is 1. The molecule has 1 aromatic heterocycles. The van der Waals surface area contributed by atoms with Crippen LogP contribution in [0, 0.1) is 6.92 Å². The number of rotatable bonds is 8. The van der Waals surface area contributed by atoms with Gasteiger partial charge in [0.1, 0.15) is 5.76 Å². The van der Waals surface area contributed by atoms with Crippen molar-refractivity contribution in [3.63, 3.8) is 0 Å². The molecule has 30 heavy (non-hydrogen) atoms. The molecule has 0 spiro atoms. The molecule has 0 unspecified atom stereocenters. The molecule has 3 rings (SSSR count). The van der Waals surface area contributed by atoms with E-state index in [-0.39, 0.29) is 13.1 Å². The monoisotopic (exact) mass is 488 g/mol. The first-order valence-electron chi connectivity index (χ1n) is 9.15. The van der Waals surface area contributed by atoms with Crippen LogP contribution in [0.2, 0.25) is 0 Å². The van der Waals surface area contributed by atoms with Crippen LogP contribution in [0.25, 0.3) is 6.08 Å². The van der Waals surface area contributed by atoms with Crippen LogP contribution in [0.1, 0.15) is 16.9 Å². The summed E-state index contributed by atoms with van der Waals surface area (Å²) in [5.41, 5.74) is 2.23. The van der Waals surface area contributed by atoms with E-state index >= 15 is 0 Å². The van der Waals surface area contributed by atoms with E-state index in [2.05, 4.69) is 21.2 Å². The second kappa shape index (κ2) is 9.88. The third-order valence-corrected chi connectivity index (χ3v) is 6.24. The molecule has 0 radical (unpaired) electrons. The van der Waals surface area contributed by atoms with E-state index in [1.165, 1.54) is 12.3 Å². The van der Waals surface area contributed by atoms with Gasteiger partial charge >= 0.3 is 0 Å². The predicted molar refractivity (Wildman–Crippen MR) is 121 cm³/mol. The molecule has 0 atom stereocenters. The Kier molecular flexibility index (Phi) is 7.25. The molecule has 0 saturated carbocycles.